The zero-order valence-corrected chi connectivity index (χ0v) is 41.6. The van der Waals surface area contributed by atoms with E-state index in [1.54, 1.807) is 0 Å². The quantitative estimate of drug-likeness (QED) is 0.0177. The number of aliphatic hydroxyl groups excluding tert-OH is 7. The molecule has 2 rings (SSSR count). The van der Waals surface area contributed by atoms with Crippen LogP contribution in [0.15, 0.2) is 72.9 Å². The highest BCUT2D eigenvalue weighted by Gasteiger charge is 2.47. The molecule has 2 aliphatic rings. The third kappa shape index (κ3) is 28.3. The first-order chi connectivity index (χ1) is 33.1. The largest absolute Gasteiger partial charge is 0.457 e. The number of unbranched alkanes of at least 4 members (excludes halogenated alkanes) is 14. The first-order valence-electron chi connectivity index (χ1n) is 26.0. The van der Waals surface area contributed by atoms with Crippen molar-refractivity contribution in [2.45, 2.75) is 229 Å². The van der Waals surface area contributed by atoms with Crippen LogP contribution >= 0.6 is 0 Å². The van der Waals surface area contributed by atoms with Crippen LogP contribution in [0.25, 0.3) is 0 Å². The van der Waals surface area contributed by atoms with Crippen LogP contribution in [0.1, 0.15) is 162 Å². The van der Waals surface area contributed by atoms with Crippen molar-refractivity contribution in [3.63, 3.8) is 0 Å². The lowest BCUT2D eigenvalue weighted by molar-refractivity contribution is -0.332. The molecule has 14 heteroatoms. The Morgan fingerprint density at radius 3 is 1.51 bits per heavy atom. The van der Waals surface area contributed by atoms with Gasteiger partial charge in [-0.3, -0.25) is 4.79 Å². The van der Waals surface area contributed by atoms with Gasteiger partial charge in [0, 0.05) is 13.0 Å². The molecule has 0 spiro atoms. The second kappa shape index (κ2) is 41.1. The van der Waals surface area contributed by atoms with Gasteiger partial charge in [-0.1, -0.05) is 151 Å². The number of aliphatic hydroxyl groups is 7. The van der Waals surface area contributed by atoms with Crippen molar-refractivity contribution in [1.29, 1.82) is 0 Å². The van der Waals surface area contributed by atoms with E-state index in [0.29, 0.717) is 19.4 Å². The van der Waals surface area contributed by atoms with Crippen molar-refractivity contribution in [2.24, 2.45) is 0 Å². The summed E-state index contributed by atoms with van der Waals surface area (Å²) in [4.78, 5) is 13.0. The van der Waals surface area contributed by atoms with E-state index in [-0.39, 0.29) is 19.6 Å². The molecule has 2 fully saturated rings. The van der Waals surface area contributed by atoms with E-state index >= 15 is 0 Å². The van der Waals surface area contributed by atoms with Crippen molar-refractivity contribution in [1.82, 2.24) is 0 Å². The summed E-state index contributed by atoms with van der Waals surface area (Å²) in [6, 6.07) is 0. The Morgan fingerprint density at radius 1 is 0.500 bits per heavy atom. The second-order valence-electron chi connectivity index (χ2n) is 18.0. The van der Waals surface area contributed by atoms with E-state index in [2.05, 4.69) is 80.7 Å². The minimum absolute atomic E-state index is 0.0311. The average molecular weight is 965 g/mol. The number of rotatable bonds is 40. The standard InChI is InChI=1S/C54H92O14/c1-3-5-7-9-11-13-15-17-19-21-23-25-27-29-31-33-35-37-46(56)66-43(40-63-38-36-34-32-30-28-26-24-22-20-18-16-14-12-10-8-6-4-2)41-64-53-52(62)50(60)48(58)45(68-53)42-65-54-51(61)49(59)47(57)44(39-55)67-54/h5,7,11,13,17,19-20,22-23,25,29,31,43-45,47-55,57-62H,3-4,6,8-10,12,14-16,18,21,24,26-28,30,32-42H2,1-2H3/b7-5-,13-11-,19-17-,22-20-,25-23-,31-29-. The van der Waals surface area contributed by atoms with Crippen molar-refractivity contribution in [3.05, 3.63) is 72.9 Å². The van der Waals surface area contributed by atoms with Crippen LogP contribution in [0.4, 0.5) is 0 Å². The van der Waals surface area contributed by atoms with Gasteiger partial charge in [0.2, 0.25) is 0 Å². The van der Waals surface area contributed by atoms with Crippen molar-refractivity contribution in [3.8, 4) is 0 Å². The molecule has 0 aromatic carbocycles. The second-order valence-corrected chi connectivity index (χ2v) is 18.0. The lowest BCUT2D eigenvalue weighted by atomic mass is 9.98. The fourth-order valence-corrected chi connectivity index (χ4v) is 7.73. The number of hydrogen-bond donors (Lipinski definition) is 7. The van der Waals surface area contributed by atoms with Gasteiger partial charge in [-0.05, 0) is 77.0 Å². The smallest absolute Gasteiger partial charge is 0.306 e. The highest BCUT2D eigenvalue weighted by Crippen LogP contribution is 2.26. The molecular formula is C54H92O14. The third-order valence-electron chi connectivity index (χ3n) is 11.9. The Hall–Kier alpha value is -2.57. The topological polar surface area (TPSA) is 214 Å². The van der Waals surface area contributed by atoms with E-state index in [9.17, 15) is 40.5 Å². The van der Waals surface area contributed by atoms with Gasteiger partial charge in [0.05, 0.1) is 26.4 Å². The molecule has 2 saturated heterocycles. The summed E-state index contributed by atoms with van der Waals surface area (Å²) in [5.41, 5.74) is 0. The van der Waals surface area contributed by atoms with Gasteiger partial charge < -0.3 is 64.2 Å². The number of carbonyl (C=O) groups excluding carboxylic acids is 1. The average Bonchev–Trinajstić information content (AvgIpc) is 3.33. The molecule has 0 aliphatic carbocycles. The Bertz CT molecular complexity index is 1400. The first-order valence-corrected chi connectivity index (χ1v) is 26.0. The zero-order valence-electron chi connectivity index (χ0n) is 41.6. The normalized spacial score (nSPS) is 26.5. The van der Waals surface area contributed by atoms with Crippen LogP contribution in [0.3, 0.4) is 0 Å². The number of hydrogen-bond acceptors (Lipinski definition) is 14. The summed E-state index contributed by atoms with van der Waals surface area (Å²) < 4.78 is 34.2. The summed E-state index contributed by atoms with van der Waals surface area (Å²) >= 11 is 0. The number of esters is 1. The van der Waals surface area contributed by atoms with Crippen LogP contribution < -0.4 is 0 Å². The molecule has 0 amide bonds. The van der Waals surface area contributed by atoms with Crippen LogP contribution in [0, 0.1) is 0 Å². The van der Waals surface area contributed by atoms with Gasteiger partial charge in [0.1, 0.15) is 54.9 Å². The third-order valence-corrected chi connectivity index (χ3v) is 11.9. The number of ether oxygens (including phenoxy) is 6. The highest BCUT2D eigenvalue weighted by molar-refractivity contribution is 5.69. The molecule has 68 heavy (non-hydrogen) atoms. The molecule has 0 aromatic rings. The SMILES string of the molecule is CC/C=C\C/C=C\C/C=C\C/C=C\C/C=C\CCCC(=O)OC(COCCCCCCCC/C=C\CCCCCCCCC)COC1OC(COC2OC(CO)C(O)C(O)C2O)C(O)C(O)C1O. The van der Waals surface area contributed by atoms with Crippen LogP contribution in [-0.2, 0) is 33.2 Å². The first kappa shape index (κ1) is 61.5. The zero-order chi connectivity index (χ0) is 49.5. The fourth-order valence-electron chi connectivity index (χ4n) is 7.73. The van der Waals surface area contributed by atoms with Crippen LogP contribution in [0.2, 0.25) is 0 Å². The van der Waals surface area contributed by atoms with Gasteiger partial charge in [-0.15, -0.1) is 0 Å². The van der Waals surface area contributed by atoms with E-state index in [4.69, 9.17) is 28.4 Å². The summed E-state index contributed by atoms with van der Waals surface area (Å²) in [7, 11) is 0. The predicted octanol–water partition coefficient (Wildman–Crippen LogP) is 7.90. The molecule has 14 nitrogen and oxygen atoms in total. The lowest BCUT2D eigenvalue weighted by Crippen LogP contribution is -2.61. The van der Waals surface area contributed by atoms with E-state index in [1.807, 2.05) is 6.08 Å². The molecule has 11 unspecified atom stereocenters. The lowest BCUT2D eigenvalue weighted by Gasteiger charge is -2.42. The fraction of sp³-hybridized carbons (Fsp3) is 0.759. The van der Waals surface area contributed by atoms with Gasteiger partial charge in [0.25, 0.3) is 0 Å². The Labute approximate surface area is 408 Å². The molecule has 2 aliphatic heterocycles. The molecule has 0 saturated carbocycles. The molecule has 2 heterocycles. The van der Waals surface area contributed by atoms with E-state index in [1.165, 1.54) is 64.2 Å². The Balaban J connectivity index is 1.80. The van der Waals surface area contributed by atoms with Gasteiger partial charge in [-0.2, -0.15) is 0 Å². The maximum atomic E-state index is 13.0. The molecule has 11 atom stereocenters. The van der Waals surface area contributed by atoms with Gasteiger partial charge in [-0.25, -0.2) is 0 Å². The maximum absolute atomic E-state index is 13.0. The molecule has 0 bridgehead atoms. The highest BCUT2D eigenvalue weighted by atomic mass is 16.7. The summed E-state index contributed by atoms with van der Waals surface area (Å²) in [6.45, 7) is 3.47. The summed E-state index contributed by atoms with van der Waals surface area (Å²) in [5, 5.41) is 72.1. The van der Waals surface area contributed by atoms with Crippen molar-refractivity contribution < 1.29 is 69.0 Å². The van der Waals surface area contributed by atoms with Crippen LogP contribution in [-0.4, -0.2) is 142 Å². The van der Waals surface area contributed by atoms with Crippen molar-refractivity contribution >= 4 is 5.97 Å². The molecule has 7 N–H and O–H groups in total. The molecule has 0 radical (unpaired) electrons. The molecular weight excluding hydrogens is 873 g/mol. The monoisotopic (exact) mass is 965 g/mol. The molecule has 392 valence electrons. The predicted molar refractivity (Wildman–Crippen MR) is 265 cm³/mol. The minimum atomic E-state index is -1.72. The maximum Gasteiger partial charge on any atom is 0.306 e. The molecule has 0 aromatic heterocycles. The van der Waals surface area contributed by atoms with E-state index in [0.717, 1.165) is 64.2 Å². The van der Waals surface area contributed by atoms with E-state index < -0.39 is 86.7 Å². The van der Waals surface area contributed by atoms with Crippen molar-refractivity contribution in [2.75, 3.05) is 33.0 Å². The van der Waals surface area contributed by atoms with Gasteiger partial charge in [0.15, 0.2) is 12.6 Å². The summed E-state index contributed by atoms with van der Waals surface area (Å²) in [6.07, 6.45) is 34.0. The Morgan fingerprint density at radius 2 is 0.956 bits per heavy atom. The van der Waals surface area contributed by atoms with Crippen LogP contribution in [0.5, 0.6) is 0 Å². The Kier molecular flexibility index (Phi) is 37.2. The number of carbonyl (C=O) groups is 1. The number of allylic oxidation sites excluding steroid dienone is 12. The summed E-state index contributed by atoms with van der Waals surface area (Å²) in [5.74, 6) is -0.437. The van der Waals surface area contributed by atoms with Gasteiger partial charge >= 0.3 is 5.97 Å². The minimum Gasteiger partial charge on any atom is -0.457 e.